The van der Waals surface area contributed by atoms with E-state index in [0.717, 1.165) is 29.5 Å². The highest BCUT2D eigenvalue weighted by molar-refractivity contribution is 7.98. The number of aryl methyl sites for hydroxylation is 1. The molecule has 0 unspecified atom stereocenters. The monoisotopic (exact) mass is 278 g/mol. The van der Waals surface area contributed by atoms with Crippen LogP contribution in [0.3, 0.4) is 0 Å². The molecule has 0 saturated heterocycles. The highest BCUT2D eigenvalue weighted by Gasteiger charge is 2.15. The Bertz CT molecular complexity index is 596. The van der Waals surface area contributed by atoms with Crippen LogP contribution >= 0.6 is 11.8 Å². The van der Waals surface area contributed by atoms with Crippen molar-refractivity contribution in [2.24, 2.45) is 0 Å². The summed E-state index contributed by atoms with van der Waals surface area (Å²) in [4.78, 5) is 0.884. The molecule has 0 spiro atoms. The lowest BCUT2D eigenvalue weighted by atomic mass is 10.2. The number of fused-ring (bicyclic) bond motifs is 1. The van der Waals surface area contributed by atoms with E-state index in [1.165, 1.54) is 25.0 Å². The summed E-state index contributed by atoms with van der Waals surface area (Å²) in [6, 6.07) is 4.49. The Morgan fingerprint density at radius 3 is 3.05 bits per heavy atom. The summed E-state index contributed by atoms with van der Waals surface area (Å²) < 4.78 is 15.2. The minimum absolute atomic E-state index is 0.304. The number of anilines is 1. The van der Waals surface area contributed by atoms with Crippen LogP contribution in [0.4, 0.5) is 10.1 Å². The van der Waals surface area contributed by atoms with Gasteiger partial charge in [0.2, 0.25) is 0 Å². The first-order valence-electron chi connectivity index (χ1n) is 6.33. The van der Waals surface area contributed by atoms with Crippen LogP contribution in [0.25, 0.3) is 0 Å². The number of thioether (sulfide) groups is 1. The van der Waals surface area contributed by atoms with Gasteiger partial charge in [-0.1, -0.05) is 0 Å². The summed E-state index contributed by atoms with van der Waals surface area (Å²) in [6.45, 7) is 0.997. The second-order valence-corrected chi connectivity index (χ2v) is 5.63. The number of benzene rings is 1. The summed E-state index contributed by atoms with van der Waals surface area (Å²) in [7, 11) is 0. The lowest BCUT2D eigenvalue weighted by Crippen LogP contribution is -2.12. The Morgan fingerprint density at radius 1 is 1.32 bits per heavy atom. The van der Waals surface area contributed by atoms with Gasteiger partial charge in [0.05, 0.1) is 5.75 Å². The third-order valence-electron chi connectivity index (χ3n) is 3.26. The number of aromatic nitrogens is 3. The maximum Gasteiger partial charge on any atom is 0.143 e. The summed E-state index contributed by atoms with van der Waals surface area (Å²) in [5.41, 5.74) is 6.27. The SMILES string of the molecule is Nc1cc(F)ccc1SCc1nnc2n1CCCC2. The summed E-state index contributed by atoms with van der Waals surface area (Å²) in [6.07, 6.45) is 3.38. The van der Waals surface area contributed by atoms with Gasteiger partial charge in [0.25, 0.3) is 0 Å². The van der Waals surface area contributed by atoms with Crippen LogP contribution in [0, 0.1) is 5.82 Å². The lowest BCUT2D eigenvalue weighted by Gasteiger charge is -2.14. The Labute approximate surface area is 115 Å². The van der Waals surface area contributed by atoms with Gasteiger partial charge in [-0.2, -0.15) is 0 Å². The fraction of sp³-hybridized carbons (Fsp3) is 0.385. The van der Waals surface area contributed by atoms with Crippen molar-refractivity contribution in [3.8, 4) is 0 Å². The molecule has 2 N–H and O–H groups in total. The van der Waals surface area contributed by atoms with E-state index in [-0.39, 0.29) is 5.82 Å². The van der Waals surface area contributed by atoms with E-state index in [0.29, 0.717) is 11.4 Å². The maximum atomic E-state index is 13.0. The molecule has 0 radical (unpaired) electrons. The molecule has 4 nitrogen and oxygen atoms in total. The van der Waals surface area contributed by atoms with Gasteiger partial charge >= 0.3 is 0 Å². The molecule has 0 fully saturated rings. The molecule has 100 valence electrons. The Morgan fingerprint density at radius 2 is 2.21 bits per heavy atom. The predicted molar refractivity (Wildman–Crippen MR) is 73.3 cm³/mol. The molecule has 19 heavy (non-hydrogen) atoms. The normalized spacial score (nSPS) is 14.4. The van der Waals surface area contributed by atoms with Crippen molar-refractivity contribution in [3.05, 3.63) is 35.7 Å². The van der Waals surface area contributed by atoms with Crippen LogP contribution in [0.15, 0.2) is 23.1 Å². The average Bonchev–Trinajstić information content (AvgIpc) is 2.81. The molecule has 2 aromatic rings. The maximum absolute atomic E-state index is 13.0. The molecule has 0 bridgehead atoms. The van der Waals surface area contributed by atoms with Crippen molar-refractivity contribution in [1.82, 2.24) is 14.8 Å². The Balaban J connectivity index is 1.74. The lowest BCUT2D eigenvalue weighted by molar-refractivity contribution is 0.513. The van der Waals surface area contributed by atoms with Gasteiger partial charge in [0.15, 0.2) is 0 Å². The second kappa shape index (κ2) is 5.21. The number of nitrogens with two attached hydrogens (primary N) is 1. The first-order valence-corrected chi connectivity index (χ1v) is 7.31. The number of hydrogen-bond acceptors (Lipinski definition) is 4. The quantitative estimate of drug-likeness (QED) is 0.692. The second-order valence-electron chi connectivity index (χ2n) is 4.61. The van der Waals surface area contributed by atoms with Crippen LogP contribution in [0.1, 0.15) is 24.5 Å². The molecule has 0 aliphatic carbocycles. The van der Waals surface area contributed by atoms with E-state index in [2.05, 4.69) is 14.8 Å². The molecule has 1 aromatic carbocycles. The summed E-state index contributed by atoms with van der Waals surface area (Å²) in [5.74, 6) is 2.46. The number of rotatable bonds is 3. The van der Waals surface area contributed by atoms with Crippen LogP contribution in [0.5, 0.6) is 0 Å². The minimum atomic E-state index is -0.304. The van der Waals surface area contributed by atoms with Crippen LogP contribution in [0.2, 0.25) is 0 Å². The highest BCUT2D eigenvalue weighted by Crippen LogP contribution is 2.29. The molecule has 1 aliphatic heterocycles. The molecule has 1 aliphatic rings. The largest absolute Gasteiger partial charge is 0.398 e. The molecule has 6 heteroatoms. The molecular formula is C13H15FN4S. The first-order chi connectivity index (χ1) is 9.24. The van der Waals surface area contributed by atoms with Crippen LogP contribution in [-0.4, -0.2) is 14.8 Å². The summed E-state index contributed by atoms with van der Waals surface area (Å²) in [5, 5.41) is 8.45. The van der Waals surface area contributed by atoms with E-state index < -0.39 is 0 Å². The third-order valence-corrected chi connectivity index (χ3v) is 4.35. The van der Waals surface area contributed by atoms with Gasteiger partial charge in [-0.3, -0.25) is 0 Å². The van der Waals surface area contributed by atoms with Gasteiger partial charge in [-0.05, 0) is 31.0 Å². The zero-order valence-corrected chi connectivity index (χ0v) is 11.3. The van der Waals surface area contributed by atoms with Crippen LogP contribution < -0.4 is 5.73 Å². The predicted octanol–water partition coefficient (Wildman–Crippen LogP) is 2.63. The molecule has 0 atom stereocenters. The highest BCUT2D eigenvalue weighted by atomic mass is 32.2. The van der Waals surface area contributed by atoms with Gasteiger partial charge in [-0.25, -0.2) is 4.39 Å². The molecule has 0 saturated carbocycles. The molecule has 1 aromatic heterocycles. The standard InChI is InChI=1S/C13H15FN4S/c14-9-4-5-11(10(15)7-9)19-8-13-17-16-12-3-1-2-6-18(12)13/h4-5,7H,1-3,6,8,15H2. The van der Waals surface area contributed by atoms with Crippen molar-refractivity contribution in [2.75, 3.05) is 5.73 Å². The topological polar surface area (TPSA) is 56.7 Å². The molecular weight excluding hydrogens is 263 g/mol. The molecule has 0 amide bonds. The zero-order chi connectivity index (χ0) is 13.2. The number of hydrogen-bond donors (Lipinski definition) is 1. The van der Waals surface area contributed by atoms with Crippen molar-refractivity contribution in [1.29, 1.82) is 0 Å². The number of nitrogen functional groups attached to an aromatic ring is 1. The Hall–Kier alpha value is -1.56. The zero-order valence-electron chi connectivity index (χ0n) is 10.5. The van der Waals surface area contributed by atoms with Gasteiger partial charge in [0, 0.05) is 23.5 Å². The van der Waals surface area contributed by atoms with Crippen LogP contribution in [-0.2, 0) is 18.7 Å². The number of nitrogens with zero attached hydrogens (tertiary/aromatic N) is 3. The summed E-state index contributed by atoms with van der Waals surface area (Å²) >= 11 is 1.57. The van der Waals surface area contributed by atoms with Gasteiger partial charge in [0.1, 0.15) is 17.5 Å². The van der Waals surface area contributed by atoms with Crippen molar-refractivity contribution < 1.29 is 4.39 Å². The van der Waals surface area contributed by atoms with E-state index in [4.69, 9.17) is 5.73 Å². The minimum Gasteiger partial charge on any atom is -0.398 e. The van der Waals surface area contributed by atoms with E-state index in [9.17, 15) is 4.39 Å². The number of halogens is 1. The van der Waals surface area contributed by atoms with Crippen molar-refractivity contribution >= 4 is 17.4 Å². The fourth-order valence-corrected chi connectivity index (χ4v) is 3.16. The van der Waals surface area contributed by atoms with E-state index >= 15 is 0 Å². The first kappa shape index (κ1) is 12.5. The van der Waals surface area contributed by atoms with E-state index in [1.54, 1.807) is 17.8 Å². The third kappa shape index (κ3) is 2.58. The fourth-order valence-electron chi connectivity index (χ4n) is 2.27. The van der Waals surface area contributed by atoms with Crippen molar-refractivity contribution in [3.63, 3.8) is 0 Å². The van der Waals surface area contributed by atoms with Gasteiger partial charge in [-0.15, -0.1) is 22.0 Å². The smallest absolute Gasteiger partial charge is 0.143 e. The molecule has 2 heterocycles. The molecule has 3 rings (SSSR count). The van der Waals surface area contributed by atoms with Gasteiger partial charge < -0.3 is 10.3 Å². The Kier molecular flexibility index (Phi) is 3.42. The van der Waals surface area contributed by atoms with Crippen molar-refractivity contribution in [2.45, 2.75) is 36.5 Å². The van der Waals surface area contributed by atoms with E-state index in [1.807, 2.05) is 0 Å². The average molecular weight is 278 g/mol.